The Hall–Kier alpha value is -3.04. The lowest BCUT2D eigenvalue weighted by Crippen LogP contribution is -2.07. The van der Waals surface area contributed by atoms with Gasteiger partial charge in [0, 0.05) is 11.8 Å². The van der Waals surface area contributed by atoms with Crippen molar-refractivity contribution in [3.63, 3.8) is 0 Å². The molecule has 2 aromatic carbocycles. The second kappa shape index (κ2) is 11.0. The van der Waals surface area contributed by atoms with E-state index in [-0.39, 0.29) is 5.91 Å². The van der Waals surface area contributed by atoms with Gasteiger partial charge in [0.05, 0.1) is 21.3 Å². The van der Waals surface area contributed by atoms with Crippen LogP contribution in [0.15, 0.2) is 40.7 Å². The molecule has 3 aromatic rings. The Labute approximate surface area is 195 Å². The molecule has 3 rings (SSSR count). The van der Waals surface area contributed by atoms with Gasteiger partial charge in [0.2, 0.25) is 16.8 Å². The lowest BCUT2D eigenvalue weighted by Gasteiger charge is -2.12. The molecule has 32 heavy (non-hydrogen) atoms. The van der Waals surface area contributed by atoms with Gasteiger partial charge in [-0.3, -0.25) is 10.1 Å². The van der Waals surface area contributed by atoms with E-state index in [1.54, 1.807) is 51.3 Å². The highest BCUT2D eigenvalue weighted by Gasteiger charge is 2.13. The molecule has 0 saturated heterocycles. The Morgan fingerprint density at radius 3 is 2.44 bits per heavy atom. The molecule has 0 aliphatic carbocycles. The molecular weight excluding hydrogens is 446 g/mol. The summed E-state index contributed by atoms with van der Waals surface area (Å²) in [6.07, 6.45) is 3.09. The number of anilines is 1. The summed E-state index contributed by atoms with van der Waals surface area (Å²) in [4.78, 5) is 12.3. The average molecular weight is 472 g/mol. The van der Waals surface area contributed by atoms with E-state index in [0.717, 1.165) is 15.7 Å². The van der Waals surface area contributed by atoms with Crippen molar-refractivity contribution < 1.29 is 19.0 Å². The van der Waals surface area contributed by atoms with Gasteiger partial charge in [-0.05, 0) is 48.7 Å². The van der Waals surface area contributed by atoms with Crippen molar-refractivity contribution in [1.82, 2.24) is 10.2 Å². The highest BCUT2D eigenvalue weighted by Crippen LogP contribution is 2.38. The monoisotopic (exact) mass is 471 g/mol. The molecule has 168 valence electrons. The van der Waals surface area contributed by atoms with Gasteiger partial charge in [-0.15, -0.1) is 10.2 Å². The number of amides is 1. The standard InChI is InChI=1S/C23H25N3O4S2/c1-14-6-7-15(2)17(10-14)13-31-23-26-25-22(32-23)24-20(27)9-8-16-11-18(28-3)21(30-5)19(12-16)29-4/h6-12H,13H2,1-5H3,(H,24,25,27)/b9-8+. The number of hydrogen-bond acceptors (Lipinski definition) is 8. The third-order valence-corrected chi connectivity index (χ3v) is 6.63. The zero-order valence-electron chi connectivity index (χ0n) is 18.6. The fourth-order valence-corrected chi connectivity index (χ4v) is 4.75. The van der Waals surface area contributed by atoms with Crippen LogP contribution >= 0.6 is 23.1 Å². The maximum atomic E-state index is 12.3. The van der Waals surface area contributed by atoms with Crippen molar-refractivity contribution in [3.8, 4) is 17.2 Å². The van der Waals surface area contributed by atoms with Crippen LogP contribution in [0.2, 0.25) is 0 Å². The third-order valence-electron chi connectivity index (χ3n) is 4.61. The lowest BCUT2D eigenvalue weighted by molar-refractivity contribution is -0.111. The summed E-state index contributed by atoms with van der Waals surface area (Å²) in [5.41, 5.74) is 4.48. The number of carbonyl (C=O) groups is 1. The first-order valence-electron chi connectivity index (χ1n) is 9.75. The van der Waals surface area contributed by atoms with Crippen LogP contribution in [-0.2, 0) is 10.5 Å². The summed E-state index contributed by atoms with van der Waals surface area (Å²) in [5, 5.41) is 11.4. The van der Waals surface area contributed by atoms with Gasteiger partial charge in [-0.25, -0.2) is 0 Å². The molecule has 0 aliphatic rings. The molecule has 0 atom stereocenters. The molecule has 1 amide bonds. The first kappa shape index (κ1) is 23.6. The van der Waals surface area contributed by atoms with Crippen LogP contribution < -0.4 is 19.5 Å². The number of aromatic nitrogens is 2. The summed E-state index contributed by atoms with van der Waals surface area (Å²) in [6.45, 7) is 4.18. The van der Waals surface area contributed by atoms with Crippen molar-refractivity contribution in [3.05, 3.63) is 58.7 Å². The van der Waals surface area contributed by atoms with E-state index in [2.05, 4.69) is 47.6 Å². The molecule has 1 heterocycles. The fraction of sp³-hybridized carbons (Fsp3) is 0.261. The highest BCUT2D eigenvalue weighted by atomic mass is 32.2. The molecule has 0 bridgehead atoms. The van der Waals surface area contributed by atoms with Gasteiger partial charge >= 0.3 is 0 Å². The number of carbonyl (C=O) groups excluding carboxylic acids is 1. The molecule has 1 N–H and O–H groups in total. The van der Waals surface area contributed by atoms with E-state index in [9.17, 15) is 4.79 Å². The largest absolute Gasteiger partial charge is 0.493 e. The molecule has 9 heteroatoms. The Morgan fingerprint density at radius 2 is 1.78 bits per heavy atom. The minimum absolute atomic E-state index is 0.305. The highest BCUT2D eigenvalue weighted by molar-refractivity contribution is 8.00. The summed E-state index contributed by atoms with van der Waals surface area (Å²) in [5.74, 6) is 2.03. The SMILES string of the molecule is COc1cc(/C=C/C(=O)Nc2nnc(SCc3cc(C)ccc3C)s2)cc(OC)c1OC. The second-order valence-electron chi connectivity index (χ2n) is 6.87. The Balaban J connectivity index is 1.61. The molecule has 0 radical (unpaired) electrons. The summed E-state index contributed by atoms with van der Waals surface area (Å²) < 4.78 is 16.8. The predicted molar refractivity (Wildman–Crippen MR) is 129 cm³/mol. The van der Waals surface area contributed by atoms with Crippen LogP contribution in [0.1, 0.15) is 22.3 Å². The number of rotatable bonds is 9. The molecule has 7 nitrogen and oxygen atoms in total. The topological polar surface area (TPSA) is 82.6 Å². The first-order chi connectivity index (χ1) is 15.4. The number of aryl methyl sites for hydroxylation is 2. The number of methoxy groups -OCH3 is 3. The van der Waals surface area contributed by atoms with Gasteiger partial charge in [-0.1, -0.05) is 46.9 Å². The lowest BCUT2D eigenvalue weighted by atomic mass is 10.1. The Morgan fingerprint density at radius 1 is 1.06 bits per heavy atom. The van der Waals surface area contributed by atoms with Gasteiger partial charge < -0.3 is 14.2 Å². The van der Waals surface area contributed by atoms with Gasteiger partial charge in [-0.2, -0.15) is 0 Å². The smallest absolute Gasteiger partial charge is 0.250 e. The van der Waals surface area contributed by atoms with Crippen molar-refractivity contribution in [2.24, 2.45) is 0 Å². The predicted octanol–water partition coefficient (Wildman–Crippen LogP) is 5.12. The van der Waals surface area contributed by atoms with E-state index < -0.39 is 0 Å². The first-order valence-corrected chi connectivity index (χ1v) is 11.5. The van der Waals surface area contributed by atoms with Crippen molar-refractivity contribution in [1.29, 1.82) is 0 Å². The summed E-state index contributed by atoms with van der Waals surface area (Å²) in [6, 6.07) is 9.93. The zero-order valence-corrected chi connectivity index (χ0v) is 20.2. The molecule has 0 aliphatic heterocycles. The normalized spacial score (nSPS) is 10.9. The molecule has 0 unspecified atom stereocenters. The van der Waals surface area contributed by atoms with Crippen LogP contribution in [0.4, 0.5) is 5.13 Å². The Bertz CT molecular complexity index is 1100. The average Bonchev–Trinajstić information content (AvgIpc) is 3.24. The van der Waals surface area contributed by atoms with E-state index >= 15 is 0 Å². The van der Waals surface area contributed by atoms with Crippen LogP contribution in [-0.4, -0.2) is 37.4 Å². The number of nitrogens with zero attached hydrogens (tertiary/aromatic N) is 2. The minimum Gasteiger partial charge on any atom is -0.493 e. The molecule has 1 aromatic heterocycles. The number of benzene rings is 2. The number of hydrogen-bond donors (Lipinski definition) is 1. The summed E-state index contributed by atoms with van der Waals surface area (Å²) in [7, 11) is 4.63. The van der Waals surface area contributed by atoms with Crippen molar-refractivity contribution >= 4 is 40.2 Å². The van der Waals surface area contributed by atoms with E-state index in [1.165, 1.54) is 34.1 Å². The third kappa shape index (κ3) is 6.02. The van der Waals surface area contributed by atoms with Gasteiger partial charge in [0.1, 0.15) is 0 Å². The van der Waals surface area contributed by atoms with Crippen molar-refractivity contribution in [2.75, 3.05) is 26.6 Å². The number of nitrogens with one attached hydrogen (secondary N) is 1. The maximum absolute atomic E-state index is 12.3. The van der Waals surface area contributed by atoms with E-state index in [4.69, 9.17) is 14.2 Å². The fourth-order valence-electron chi connectivity index (χ4n) is 2.93. The van der Waals surface area contributed by atoms with Crippen LogP contribution in [0, 0.1) is 13.8 Å². The van der Waals surface area contributed by atoms with Gasteiger partial charge in [0.25, 0.3) is 0 Å². The number of ether oxygens (including phenoxy) is 3. The summed E-state index contributed by atoms with van der Waals surface area (Å²) >= 11 is 2.95. The van der Waals surface area contributed by atoms with Crippen LogP contribution in [0.25, 0.3) is 6.08 Å². The van der Waals surface area contributed by atoms with E-state index in [0.29, 0.717) is 22.4 Å². The van der Waals surface area contributed by atoms with Gasteiger partial charge in [0.15, 0.2) is 15.8 Å². The Kier molecular flexibility index (Phi) is 8.13. The van der Waals surface area contributed by atoms with Crippen molar-refractivity contribution in [2.45, 2.75) is 23.9 Å². The molecular formula is C23H25N3O4S2. The second-order valence-corrected chi connectivity index (χ2v) is 9.07. The molecule has 0 saturated carbocycles. The zero-order chi connectivity index (χ0) is 23.1. The van der Waals surface area contributed by atoms with E-state index in [1.807, 2.05) is 0 Å². The maximum Gasteiger partial charge on any atom is 0.250 e. The van der Waals surface area contributed by atoms with Crippen LogP contribution in [0.3, 0.4) is 0 Å². The number of thioether (sulfide) groups is 1. The molecule has 0 fully saturated rings. The van der Waals surface area contributed by atoms with Crippen LogP contribution in [0.5, 0.6) is 17.2 Å². The molecule has 0 spiro atoms. The minimum atomic E-state index is -0.305. The quantitative estimate of drug-likeness (QED) is 0.263.